The quantitative estimate of drug-likeness (QED) is 0.0288. The molecular formula is C37H91N8O6Pt2+3. The number of nitrogens with two attached hydrogens (primary N) is 6. The van der Waals surface area contributed by atoms with E-state index < -0.39 is 11.9 Å². The number of carboxylic acids is 2. The predicted molar refractivity (Wildman–Crippen MR) is 219 cm³/mol. The number of unbranched alkanes of at least 4 members (excludes halogenated alkanes) is 17. The summed E-state index contributed by atoms with van der Waals surface area (Å²) in [5.74, 6) is -1.60. The van der Waals surface area contributed by atoms with Crippen molar-refractivity contribution in [1.82, 2.24) is 0 Å². The summed E-state index contributed by atoms with van der Waals surface area (Å²) in [4.78, 5) is 23.8. The Hall–Kier alpha value is -0.0834. The summed E-state index contributed by atoms with van der Waals surface area (Å²) in [6.07, 6.45) is 26.1. The van der Waals surface area contributed by atoms with Crippen LogP contribution in [0.2, 0.25) is 0 Å². The first-order valence-electron chi connectivity index (χ1n) is 19.0. The molecule has 0 saturated heterocycles. The van der Waals surface area contributed by atoms with Crippen molar-refractivity contribution in [2.75, 3.05) is 45.9 Å². The molecule has 0 aromatic heterocycles. The largest absolute Gasteiger partial charge is 4.00 e. The fraction of sp³-hybridized carbons (Fsp3) is 0.946. The second kappa shape index (κ2) is 84.5. The first kappa shape index (κ1) is 81.2. The van der Waals surface area contributed by atoms with E-state index in [4.69, 9.17) is 21.8 Å². The van der Waals surface area contributed by atoms with Gasteiger partial charge in [0.2, 0.25) is 0 Å². The van der Waals surface area contributed by atoms with Crippen LogP contribution >= 0.6 is 0 Å². The molecule has 16 heteroatoms. The van der Waals surface area contributed by atoms with Gasteiger partial charge in [0.1, 0.15) is 13.1 Å². The van der Waals surface area contributed by atoms with Gasteiger partial charge in [-0.25, -0.2) is 4.89 Å². The Morgan fingerprint density at radius 3 is 1.21 bits per heavy atom. The molecule has 0 bridgehead atoms. The molecule has 16 N–H and O–H groups in total. The minimum Gasteiger partial charge on any atom is -0.693 e. The molecule has 53 heavy (non-hydrogen) atoms. The van der Waals surface area contributed by atoms with Gasteiger partial charge in [0.15, 0.2) is 0 Å². The Labute approximate surface area is 357 Å². The normalized spacial score (nSPS) is 8.87. The zero-order valence-corrected chi connectivity index (χ0v) is 38.1. The molecule has 0 aromatic rings. The third kappa shape index (κ3) is 112. The zero-order valence-electron chi connectivity index (χ0n) is 33.5. The number of carboxylic acid groups (broad SMARTS) is 2. The van der Waals surface area contributed by atoms with Crippen molar-refractivity contribution in [3.8, 4) is 0 Å². The van der Waals surface area contributed by atoms with Gasteiger partial charge in [0.05, 0.1) is 19.7 Å². The van der Waals surface area contributed by atoms with Crippen molar-refractivity contribution in [3.63, 3.8) is 0 Å². The summed E-state index contributed by atoms with van der Waals surface area (Å²) < 4.78 is 0. The zero-order chi connectivity index (χ0) is 35.2. The average Bonchev–Trinajstić information content (AvgIpc) is 3.04. The van der Waals surface area contributed by atoms with Gasteiger partial charge in [-0.2, -0.15) is 13.1 Å². The van der Waals surface area contributed by atoms with E-state index in [0.29, 0.717) is 26.1 Å². The third-order valence-corrected chi connectivity index (χ3v) is 7.31. The molecule has 0 heterocycles. The van der Waals surface area contributed by atoms with Crippen LogP contribution in [0.1, 0.15) is 182 Å². The molecule has 0 rings (SSSR count). The average molecular weight is 1130 g/mol. The summed E-state index contributed by atoms with van der Waals surface area (Å²) in [5, 5.41) is 30.9. The number of rotatable bonds is 32. The monoisotopic (exact) mass is 1130 g/mol. The van der Waals surface area contributed by atoms with Crippen LogP contribution in [0.25, 0.3) is 36.1 Å². The van der Waals surface area contributed by atoms with Crippen LogP contribution < -0.4 is 15.7 Å². The summed E-state index contributed by atoms with van der Waals surface area (Å²) >= 11 is 0. The summed E-state index contributed by atoms with van der Waals surface area (Å²) in [7, 11) is 0. The maximum Gasteiger partial charge on any atom is 4.00 e. The molecule has 0 fully saturated rings. The van der Waals surface area contributed by atoms with Crippen LogP contribution in [0.4, 0.5) is 0 Å². The molecule has 0 spiro atoms. The van der Waals surface area contributed by atoms with Crippen molar-refractivity contribution in [2.45, 2.75) is 182 Å². The van der Waals surface area contributed by atoms with Crippen LogP contribution in [-0.4, -0.2) is 68.2 Å². The first-order chi connectivity index (χ1) is 22.4. The van der Waals surface area contributed by atoms with Crippen LogP contribution in [0.15, 0.2) is 0 Å². The standard InChI is InChI=1S/C14H32N4.C10H20O2.C6H14O2.C6H12O2.CH4.4H2N.2Pt/c15-9-5-1-3-7-11-17-13-14-18-12-8-4-2-6-10-16;1-2-3-4-5-6-7-8-9-10(11)12;1-2-3-4-5-6-8-7;1-2-3-4-5-6(7)8;;;;;;;/h15-18H,1-14H2;2-9H2,1H3,(H,11,12);7H,2-6H2,1H3;2-5H2,1H3,(H,7,8);1H4;4*1H2;;/q-2;;;;;4*-1;2*+4/p+1. The molecule has 0 unspecified atom stereocenters. The van der Waals surface area contributed by atoms with Crippen LogP contribution in [0.3, 0.4) is 0 Å². The second-order valence-electron chi connectivity index (χ2n) is 12.0. The Morgan fingerprint density at radius 1 is 0.528 bits per heavy atom. The molecule has 0 amide bonds. The first-order valence-corrected chi connectivity index (χ1v) is 19.0. The number of nitrogens with one attached hydrogen (secondary N) is 2. The van der Waals surface area contributed by atoms with Crippen molar-refractivity contribution in [1.29, 1.82) is 0 Å². The van der Waals surface area contributed by atoms with Gasteiger partial charge in [0, 0.05) is 12.4 Å². The van der Waals surface area contributed by atoms with E-state index in [1.165, 1.54) is 110 Å². The summed E-state index contributed by atoms with van der Waals surface area (Å²) in [6, 6.07) is 0. The van der Waals surface area contributed by atoms with Crippen molar-refractivity contribution in [2.24, 2.45) is 0 Å². The van der Waals surface area contributed by atoms with Gasteiger partial charge < -0.3 is 61.7 Å². The number of carbonyl (C=O) groups excluding carboxylic acids is 1. The van der Waals surface area contributed by atoms with E-state index in [9.17, 15) is 14.7 Å². The Balaban J connectivity index is -0.0000000497. The van der Waals surface area contributed by atoms with Gasteiger partial charge in [-0.1, -0.05) is 125 Å². The van der Waals surface area contributed by atoms with Gasteiger partial charge in [-0.3, -0.25) is 10.1 Å². The molecule has 0 radical (unpaired) electrons. The summed E-state index contributed by atoms with van der Waals surface area (Å²) in [6.45, 7) is 13.1. The van der Waals surface area contributed by atoms with Crippen LogP contribution in [0.5, 0.6) is 0 Å². The predicted octanol–water partition coefficient (Wildman–Crippen LogP) is 10.4. The number of carbonyl (C=O) groups is 2. The minimum absolute atomic E-state index is 0. The second-order valence-corrected chi connectivity index (χ2v) is 12.0. The van der Waals surface area contributed by atoms with Crippen molar-refractivity contribution in [3.05, 3.63) is 36.1 Å². The maximum atomic E-state index is 10.0. The van der Waals surface area contributed by atoms with E-state index in [0.717, 1.165) is 57.8 Å². The molecule has 0 aromatic carbocycles. The van der Waals surface area contributed by atoms with Crippen molar-refractivity contribution < 1.29 is 82.7 Å². The molecular weight excluding hydrogens is 1040 g/mol. The van der Waals surface area contributed by atoms with Crippen LogP contribution in [-0.2, 0) is 56.6 Å². The third-order valence-electron chi connectivity index (χ3n) is 7.31. The Bertz CT molecular complexity index is 547. The van der Waals surface area contributed by atoms with E-state index in [1.807, 2.05) is 0 Å². The van der Waals surface area contributed by atoms with Crippen LogP contribution in [0, 0.1) is 0 Å². The number of aliphatic carboxylic acids is 2. The molecule has 0 aliphatic rings. The molecule has 0 aliphatic heterocycles. The maximum absolute atomic E-state index is 10.0. The topological polar surface area (TPSA) is 322 Å². The molecule has 0 saturated carbocycles. The molecule has 0 atom stereocenters. The molecule has 14 nitrogen and oxygen atoms in total. The summed E-state index contributed by atoms with van der Waals surface area (Å²) in [5.41, 5.74) is 14.1. The molecule has 0 aliphatic carbocycles. The van der Waals surface area contributed by atoms with E-state index in [2.05, 4.69) is 36.3 Å². The number of quaternary nitrogens is 2. The SMILES string of the molecule is C.CCCCCC(=O)O.CCCCCCCCCC(=O)[O-].CCCCCCOO.[NH-]CCCCCC[NH2+]CC[NH2+]CCCCCC[NH-].[NH2-].[NH2-].[NH2-].[NH2-].[Pt+4].[Pt+4]. The van der Waals surface area contributed by atoms with E-state index in [1.54, 1.807) is 0 Å². The fourth-order valence-electron chi connectivity index (χ4n) is 4.40. The Kier molecular flexibility index (Phi) is 129. The van der Waals surface area contributed by atoms with Crippen molar-refractivity contribution >= 4 is 11.9 Å². The van der Waals surface area contributed by atoms with Gasteiger partial charge in [-0.15, -0.1) is 0 Å². The Morgan fingerprint density at radius 2 is 0.849 bits per heavy atom. The fourth-order valence-corrected chi connectivity index (χ4v) is 4.40. The van der Waals surface area contributed by atoms with E-state index in [-0.39, 0.29) is 80.6 Å². The molecule has 332 valence electrons. The number of hydrogen-bond acceptors (Lipinski definition) is 5. The minimum atomic E-state index is -0.913. The van der Waals surface area contributed by atoms with Gasteiger partial charge in [-0.05, 0) is 51.4 Å². The van der Waals surface area contributed by atoms with Gasteiger partial charge >= 0.3 is 48.1 Å². The van der Waals surface area contributed by atoms with Gasteiger partial charge in [0.25, 0.3) is 0 Å². The van der Waals surface area contributed by atoms with E-state index >= 15 is 0 Å². The number of hydrogen-bond donors (Lipinski definition) is 4. The smallest absolute Gasteiger partial charge is 0.693 e.